The number of nitrogens with zero attached hydrogens (tertiary/aromatic N) is 1. The molecule has 3 nitrogen and oxygen atoms in total. The molecule has 20 heavy (non-hydrogen) atoms. The maximum atomic E-state index is 6.02. The van der Waals surface area contributed by atoms with Crippen molar-refractivity contribution >= 4 is 5.69 Å². The molecule has 2 aromatic rings. The molecule has 1 aliphatic rings. The normalized spacial score (nSPS) is 17.1. The lowest BCUT2D eigenvalue weighted by Crippen LogP contribution is -2.27. The van der Waals surface area contributed by atoms with E-state index in [0.717, 1.165) is 18.0 Å². The standard InChI is InChI=1S/C17H20N2O/c1-12-6-7-13-11-19(17(10-18)16(13)8-12)14-4-3-5-15(9-14)20-2/h3-9,17H,10-11,18H2,1-2H3. The first kappa shape index (κ1) is 13.0. The molecular weight excluding hydrogens is 248 g/mol. The van der Waals surface area contributed by atoms with Gasteiger partial charge < -0.3 is 15.4 Å². The van der Waals surface area contributed by atoms with E-state index < -0.39 is 0 Å². The van der Waals surface area contributed by atoms with E-state index in [0.29, 0.717) is 6.54 Å². The molecule has 1 aliphatic heterocycles. The van der Waals surface area contributed by atoms with Crippen LogP contribution in [0.1, 0.15) is 22.7 Å². The third-order valence-electron chi connectivity index (χ3n) is 3.99. The first-order valence-electron chi connectivity index (χ1n) is 6.93. The van der Waals surface area contributed by atoms with Gasteiger partial charge in [0.15, 0.2) is 0 Å². The highest BCUT2D eigenvalue weighted by molar-refractivity contribution is 5.57. The van der Waals surface area contributed by atoms with Gasteiger partial charge in [-0.1, -0.05) is 29.8 Å². The Morgan fingerprint density at radius 3 is 2.85 bits per heavy atom. The lowest BCUT2D eigenvalue weighted by atomic mass is 10.0. The van der Waals surface area contributed by atoms with Gasteiger partial charge in [0, 0.05) is 24.8 Å². The Kier molecular flexibility index (Phi) is 3.36. The molecule has 1 atom stereocenters. The monoisotopic (exact) mass is 268 g/mol. The zero-order valence-electron chi connectivity index (χ0n) is 12.0. The van der Waals surface area contributed by atoms with Gasteiger partial charge in [-0.25, -0.2) is 0 Å². The Balaban J connectivity index is 1.99. The highest BCUT2D eigenvalue weighted by atomic mass is 16.5. The first-order chi connectivity index (χ1) is 9.72. The van der Waals surface area contributed by atoms with Crippen LogP contribution in [0.15, 0.2) is 42.5 Å². The van der Waals surface area contributed by atoms with Crippen LogP contribution < -0.4 is 15.4 Å². The zero-order valence-corrected chi connectivity index (χ0v) is 12.0. The Bertz CT molecular complexity index is 624. The van der Waals surface area contributed by atoms with E-state index in [2.05, 4.69) is 42.2 Å². The smallest absolute Gasteiger partial charge is 0.120 e. The van der Waals surface area contributed by atoms with Crippen LogP contribution in [0.25, 0.3) is 0 Å². The minimum atomic E-state index is 0.247. The molecule has 2 N–H and O–H groups in total. The number of nitrogens with two attached hydrogens (primary N) is 1. The van der Waals surface area contributed by atoms with Crippen LogP contribution in [0.5, 0.6) is 5.75 Å². The number of ether oxygens (including phenoxy) is 1. The summed E-state index contributed by atoms with van der Waals surface area (Å²) in [5, 5.41) is 0. The van der Waals surface area contributed by atoms with Crippen LogP contribution in [0.2, 0.25) is 0 Å². The molecule has 3 rings (SSSR count). The highest BCUT2D eigenvalue weighted by Gasteiger charge is 2.29. The zero-order chi connectivity index (χ0) is 14.1. The summed E-state index contributed by atoms with van der Waals surface area (Å²) >= 11 is 0. The van der Waals surface area contributed by atoms with E-state index in [9.17, 15) is 0 Å². The van der Waals surface area contributed by atoms with E-state index >= 15 is 0 Å². The summed E-state index contributed by atoms with van der Waals surface area (Å²) in [6.45, 7) is 3.65. The second kappa shape index (κ2) is 5.17. The molecule has 2 aromatic carbocycles. The fourth-order valence-electron chi connectivity index (χ4n) is 2.94. The minimum absolute atomic E-state index is 0.247. The molecule has 0 aromatic heterocycles. The number of rotatable bonds is 3. The minimum Gasteiger partial charge on any atom is -0.497 e. The van der Waals surface area contributed by atoms with Crippen molar-refractivity contribution in [2.75, 3.05) is 18.6 Å². The Labute approximate surface area is 120 Å². The number of fused-ring (bicyclic) bond motifs is 1. The lowest BCUT2D eigenvalue weighted by molar-refractivity contribution is 0.414. The SMILES string of the molecule is COc1cccc(N2Cc3ccc(C)cc3C2CN)c1. The van der Waals surface area contributed by atoms with Crippen molar-refractivity contribution in [1.82, 2.24) is 0 Å². The van der Waals surface area contributed by atoms with Crippen molar-refractivity contribution in [3.63, 3.8) is 0 Å². The van der Waals surface area contributed by atoms with Gasteiger partial charge in [0.2, 0.25) is 0 Å². The third kappa shape index (κ3) is 2.14. The Hall–Kier alpha value is -2.00. The molecular formula is C17H20N2O. The van der Waals surface area contributed by atoms with Crippen LogP contribution in [-0.2, 0) is 6.54 Å². The largest absolute Gasteiger partial charge is 0.497 e. The summed E-state index contributed by atoms with van der Waals surface area (Å²) in [5.41, 5.74) is 11.2. The van der Waals surface area contributed by atoms with Crippen LogP contribution in [0.4, 0.5) is 5.69 Å². The predicted molar refractivity (Wildman–Crippen MR) is 82.2 cm³/mol. The second-order valence-electron chi connectivity index (χ2n) is 5.28. The van der Waals surface area contributed by atoms with Crippen LogP contribution in [-0.4, -0.2) is 13.7 Å². The molecule has 0 radical (unpaired) electrons. The molecule has 0 spiro atoms. The molecule has 0 bridgehead atoms. The topological polar surface area (TPSA) is 38.5 Å². The summed E-state index contributed by atoms with van der Waals surface area (Å²) < 4.78 is 5.32. The Morgan fingerprint density at radius 1 is 1.25 bits per heavy atom. The van der Waals surface area contributed by atoms with Crippen molar-refractivity contribution in [2.24, 2.45) is 5.73 Å². The average Bonchev–Trinajstić information content (AvgIpc) is 2.85. The van der Waals surface area contributed by atoms with Gasteiger partial charge >= 0.3 is 0 Å². The van der Waals surface area contributed by atoms with E-state index in [1.165, 1.54) is 16.7 Å². The van der Waals surface area contributed by atoms with Crippen molar-refractivity contribution < 1.29 is 4.74 Å². The van der Waals surface area contributed by atoms with Crippen molar-refractivity contribution in [1.29, 1.82) is 0 Å². The number of hydrogen-bond acceptors (Lipinski definition) is 3. The van der Waals surface area contributed by atoms with Crippen molar-refractivity contribution in [3.05, 3.63) is 59.2 Å². The van der Waals surface area contributed by atoms with Crippen LogP contribution in [0, 0.1) is 6.92 Å². The molecule has 0 saturated carbocycles. The number of hydrogen-bond donors (Lipinski definition) is 1. The Morgan fingerprint density at radius 2 is 2.10 bits per heavy atom. The van der Waals surface area contributed by atoms with Gasteiger partial charge in [0.1, 0.15) is 5.75 Å². The predicted octanol–water partition coefficient (Wildman–Crippen LogP) is 3.02. The fraction of sp³-hybridized carbons (Fsp3) is 0.294. The number of aryl methyl sites for hydroxylation is 1. The van der Waals surface area contributed by atoms with Crippen LogP contribution >= 0.6 is 0 Å². The van der Waals surface area contributed by atoms with Crippen LogP contribution in [0.3, 0.4) is 0 Å². The van der Waals surface area contributed by atoms with Crippen molar-refractivity contribution in [3.8, 4) is 5.75 Å². The van der Waals surface area contributed by atoms with Crippen molar-refractivity contribution in [2.45, 2.75) is 19.5 Å². The summed E-state index contributed by atoms with van der Waals surface area (Å²) in [4.78, 5) is 2.35. The van der Waals surface area contributed by atoms with E-state index in [4.69, 9.17) is 10.5 Å². The molecule has 0 fully saturated rings. The molecule has 3 heteroatoms. The maximum Gasteiger partial charge on any atom is 0.120 e. The molecule has 0 saturated heterocycles. The number of methoxy groups -OCH3 is 1. The quantitative estimate of drug-likeness (QED) is 0.930. The summed E-state index contributed by atoms with van der Waals surface area (Å²) in [6.07, 6.45) is 0. The van der Waals surface area contributed by atoms with E-state index in [1.807, 2.05) is 12.1 Å². The second-order valence-corrected chi connectivity index (χ2v) is 5.28. The third-order valence-corrected chi connectivity index (χ3v) is 3.99. The molecule has 0 amide bonds. The highest BCUT2D eigenvalue weighted by Crippen LogP contribution is 2.38. The number of anilines is 1. The number of benzene rings is 2. The van der Waals surface area contributed by atoms with Gasteiger partial charge in [-0.15, -0.1) is 0 Å². The molecule has 1 heterocycles. The maximum absolute atomic E-state index is 6.02. The van der Waals surface area contributed by atoms with E-state index in [1.54, 1.807) is 7.11 Å². The summed E-state index contributed by atoms with van der Waals surface area (Å²) in [6, 6.07) is 15.1. The molecule has 0 aliphatic carbocycles. The molecule has 104 valence electrons. The lowest BCUT2D eigenvalue weighted by Gasteiger charge is -2.26. The van der Waals surface area contributed by atoms with Gasteiger partial charge in [-0.3, -0.25) is 0 Å². The molecule has 1 unspecified atom stereocenters. The van der Waals surface area contributed by atoms with Gasteiger partial charge in [0.25, 0.3) is 0 Å². The summed E-state index contributed by atoms with van der Waals surface area (Å²) in [5.74, 6) is 0.880. The van der Waals surface area contributed by atoms with E-state index in [-0.39, 0.29) is 6.04 Å². The van der Waals surface area contributed by atoms with Gasteiger partial charge in [0.05, 0.1) is 13.2 Å². The van der Waals surface area contributed by atoms with Gasteiger partial charge in [-0.2, -0.15) is 0 Å². The average molecular weight is 268 g/mol. The van der Waals surface area contributed by atoms with Gasteiger partial charge in [-0.05, 0) is 30.2 Å². The fourth-order valence-corrected chi connectivity index (χ4v) is 2.94. The first-order valence-corrected chi connectivity index (χ1v) is 6.93. The summed E-state index contributed by atoms with van der Waals surface area (Å²) in [7, 11) is 1.70.